The number of hydrogen-bond acceptors (Lipinski definition) is 3. The fourth-order valence-corrected chi connectivity index (χ4v) is 5.76. The summed E-state index contributed by atoms with van der Waals surface area (Å²) in [5.41, 5.74) is 0. The van der Waals surface area contributed by atoms with E-state index in [0.29, 0.717) is 10.9 Å². The summed E-state index contributed by atoms with van der Waals surface area (Å²) in [6, 6.07) is 3.70. The highest BCUT2D eigenvalue weighted by molar-refractivity contribution is 9.11. The third kappa shape index (κ3) is 2.79. The highest BCUT2D eigenvalue weighted by Gasteiger charge is 2.44. The van der Waals surface area contributed by atoms with Gasteiger partial charge in [-0.1, -0.05) is 22.9 Å². The van der Waals surface area contributed by atoms with Crippen molar-refractivity contribution in [1.29, 1.82) is 0 Å². The minimum atomic E-state index is -3.83. The topological polar surface area (TPSA) is 74.7 Å². The SMILES string of the molecule is CC1CCN(S(=O)(=O)c2ccc(Br)cc2Br)C1C(=O)O. The molecule has 0 radical (unpaired) electrons. The third-order valence-corrected chi connectivity index (χ3v) is 6.74. The molecule has 1 aromatic rings. The van der Waals surface area contributed by atoms with E-state index in [1.807, 2.05) is 0 Å². The normalized spacial score (nSPS) is 23.9. The predicted molar refractivity (Wildman–Crippen MR) is 80.9 cm³/mol. The van der Waals surface area contributed by atoms with Gasteiger partial charge in [0.1, 0.15) is 6.04 Å². The molecule has 0 aromatic heterocycles. The number of carbonyl (C=O) groups is 1. The van der Waals surface area contributed by atoms with Gasteiger partial charge in [0.05, 0.1) is 4.90 Å². The van der Waals surface area contributed by atoms with Crippen LogP contribution in [0.1, 0.15) is 13.3 Å². The third-order valence-electron chi connectivity index (χ3n) is 3.39. The summed E-state index contributed by atoms with van der Waals surface area (Å²) in [7, 11) is -3.83. The van der Waals surface area contributed by atoms with Crippen LogP contribution in [0.2, 0.25) is 0 Å². The standard InChI is InChI=1S/C12H13Br2NO4S/c1-7-4-5-15(11(7)12(16)17)20(18,19)10-3-2-8(13)6-9(10)14/h2-3,6-7,11H,4-5H2,1H3,(H,16,17). The molecule has 2 atom stereocenters. The Labute approximate surface area is 134 Å². The minimum Gasteiger partial charge on any atom is -0.480 e. The van der Waals surface area contributed by atoms with Crippen LogP contribution in [-0.4, -0.2) is 36.4 Å². The fraction of sp³-hybridized carbons (Fsp3) is 0.417. The first-order chi connectivity index (χ1) is 9.25. The molecule has 0 aliphatic carbocycles. The molecule has 0 spiro atoms. The molecule has 1 fully saturated rings. The number of carboxylic acids is 1. The van der Waals surface area contributed by atoms with Gasteiger partial charge in [-0.3, -0.25) is 4.79 Å². The molecule has 1 heterocycles. The van der Waals surface area contributed by atoms with Crippen LogP contribution < -0.4 is 0 Å². The summed E-state index contributed by atoms with van der Waals surface area (Å²) in [6.45, 7) is 1.98. The van der Waals surface area contributed by atoms with Crippen LogP contribution >= 0.6 is 31.9 Å². The summed E-state index contributed by atoms with van der Waals surface area (Å²) in [5, 5.41) is 9.25. The van der Waals surface area contributed by atoms with E-state index in [9.17, 15) is 18.3 Å². The molecule has 1 aromatic carbocycles. The van der Waals surface area contributed by atoms with Crippen LogP contribution in [0.5, 0.6) is 0 Å². The lowest BCUT2D eigenvalue weighted by molar-refractivity contribution is -0.141. The summed E-state index contributed by atoms with van der Waals surface area (Å²) < 4.78 is 27.5. The van der Waals surface area contributed by atoms with Gasteiger partial charge in [0.25, 0.3) is 0 Å². The molecule has 8 heteroatoms. The second-order valence-electron chi connectivity index (χ2n) is 4.74. The van der Waals surface area contributed by atoms with E-state index in [1.54, 1.807) is 19.1 Å². The zero-order valence-electron chi connectivity index (χ0n) is 10.6. The fourth-order valence-electron chi connectivity index (χ4n) is 2.36. The number of halogens is 2. The van der Waals surface area contributed by atoms with E-state index in [1.165, 1.54) is 6.07 Å². The second kappa shape index (κ2) is 5.75. The van der Waals surface area contributed by atoms with E-state index in [0.717, 1.165) is 8.78 Å². The summed E-state index contributed by atoms with van der Waals surface area (Å²) in [6.07, 6.45) is 0.546. The van der Waals surface area contributed by atoms with Gasteiger partial charge < -0.3 is 5.11 Å². The molecule has 110 valence electrons. The molecule has 1 N–H and O–H groups in total. The average molecular weight is 427 g/mol. The Bertz CT molecular complexity index is 647. The van der Waals surface area contributed by atoms with Gasteiger partial charge in [-0.05, 0) is 46.5 Å². The summed E-state index contributed by atoms with van der Waals surface area (Å²) in [4.78, 5) is 11.4. The number of carboxylic acid groups (broad SMARTS) is 1. The number of benzene rings is 1. The Morgan fingerprint density at radius 2 is 2.05 bits per heavy atom. The van der Waals surface area contributed by atoms with Crippen LogP contribution in [0.15, 0.2) is 32.0 Å². The van der Waals surface area contributed by atoms with Crippen molar-refractivity contribution in [1.82, 2.24) is 4.31 Å². The Balaban J connectivity index is 2.47. The molecule has 2 unspecified atom stereocenters. The molecule has 2 rings (SSSR count). The molecule has 1 aliphatic heterocycles. The van der Waals surface area contributed by atoms with Crippen LogP contribution in [0.4, 0.5) is 0 Å². The van der Waals surface area contributed by atoms with Crippen LogP contribution in [0, 0.1) is 5.92 Å². The van der Waals surface area contributed by atoms with Crippen molar-refractivity contribution in [2.24, 2.45) is 5.92 Å². The Kier molecular flexibility index (Phi) is 4.58. The molecule has 1 aliphatic rings. The van der Waals surface area contributed by atoms with Crippen molar-refractivity contribution in [3.05, 3.63) is 27.1 Å². The van der Waals surface area contributed by atoms with Gasteiger partial charge in [0.15, 0.2) is 0 Å². The largest absolute Gasteiger partial charge is 0.480 e. The highest BCUT2D eigenvalue weighted by Crippen LogP contribution is 2.34. The zero-order chi connectivity index (χ0) is 15.1. The van der Waals surface area contributed by atoms with Crippen molar-refractivity contribution in [3.63, 3.8) is 0 Å². The van der Waals surface area contributed by atoms with Crippen molar-refractivity contribution >= 4 is 47.9 Å². The molecule has 1 saturated heterocycles. The van der Waals surface area contributed by atoms with E-state index in [2.05, 4.69) is 31.9 Å². The van der Waals surface area contributed by atoms with Gasteiger partial charge in [0.2, 0.25) is 10.0 Å². The van der Waals surface area contributed by atoms with E-state index >= 15 is 0 Å². The molecule has 0 saturated carbocycles. The first kappa shape index (κ1) is 15.9. The van der Waals surface area contributed by atoms with E-state index in [4.69, 9.17) is 0 Å². The number of nitrogens with zero attached hydrogens (tertiary/aromatic N) is 1. The Morgan fingerprint density at radius 1 is 1.40 bits per heavy atom. The van der Waals surface area contributed by atoms with Crippen molar-refractivity contribution in [3.8, 4) is 0 Å². The molecule has 0 amide bonds. The lowest BCUT2D eigenvalue weighted by Crippen LogP contribution is -2.42. The monoisotopic (exact) mass is 425 g/mol. The van der Waals surface area contributed by atoms with Crippen LogP contribution in [-0.2, 0) is 14.8 Å². The Morgan fingerprint density at radius 3 is 2.60 bits per heavy atom. The Hall–Kier alpha value is -0.440. The van der Waals surface area contributed by atoms with Crippen LogP contribution in [0.25, 0.3) is 0 Å². The van der Waals surface area contributed by atoms with E-state index in [-0.39, 0.29) is 17.4 Å². The highest BCUT2D eigenvalue weighted by atomic mass is 79.9. The molecule has 0 bridgehead atoms. The van der Waals surface area contributed by atoms with Gasteiger partial charge in [-0.15, -0.1) is 0 Å². The lowest BCUT2D eigenvalue weighted by Gasteiger charge is -2.23. The van der Waals surface area contributed by atoms with Crippen molar-refractivity contribution in [2.75, 3.05) is 6.54 Å². The van der Waals surface area contributed by atoms with Gasteiger partial charge in [-0.25, -0.2) is 8.42 Å². The van der Waals surface area contributed by atoms with Crippen LogP contribution in [0.3, 0.4) is 0 Å². The number of aliphatic carboxylic acids is 1. The van der Waals surface area contributed by atoms with E-state index < -0.39 is 22.0 Å². The quantitative estimate of drug-likeness (QED) is 0.806. The van der Waals surface area contributed by atoms with Gasteiger partial charge in [-0.2, -0.15) is 4.31 Å². The number of rotatable bonds is 3. The number of sulfonamides is 1. The predicted octanol–water partition coefficient (Wildman–Crippen LogP) is 2.70. The molecular weight excluding hydrogens is 414 g/mol. The lowest BCUT2D eigenvalue weighted by atomic mass is 10.0. The van der Waals surface area contributed by atoms with Gasteiger partial charge in [0, 0.05) is 15.5 Å². The maximum absolute atomic E-state index is 12.6. The summed E-state index contributed by atoms with van der Waals surface area (Å²) in [5.74, 6) is -1.30. The minimum absolute atomic E-state index is 0.0843. The smallest absolute Gasteiger partial charge is 0.322 e. The molecule has 5 nitrogen and oxygen atoms in total. The number of hydrogen-bond donors (Lipinski definition) is 1. The maximum Gasteiger partial charge on any atom is 0.322 e. The van der Waals surface area contributed by atoms with Crippen molar-refractivity contribution in [2.45, 2.75) is 24.3 Å². The first-order valence-corrected chi connectivity index (χ1v) is 8.97. The zero-order valence-corrected chi connectivity index (χ0v) is 14.6. The molecular formula is C12H13Br2NO4S. The molecule has 20 heavy (non-hydrogen) atoms. The maximum atomic E-state index is 12.6. The van der Waals surface area contributed by atoms with Gasteiger partial charge >= 0.3 is 5.97 Å². The summed E-state index contributed by atoms with van der Waals surface area (Å²) >= 11 is 6.48. The average Bonchev–Trinajstić information content (AvgIpc) is 2.71. The van der Waals surface area contributed by atoms with Crippen molar-refractivity contribution < 1.29 is 18.3 Å². The first-order valence-electron chi connectivity index (χ1n) is 5.95. The second-order valence-corrected chi connectivity index (χ2v) is 8.37.